The Morgan fingerprint density at radius 3 is 2.77 bits per heavy atom. The molecule has 2 aliphatic rings. The van der Waals surface area contributed by atoms with Gasteiger partial charge in [0.15, 0.2) is 0 Å². The Hall–Kier alpha value is -1.84. The smallest absolute Gasteiger partial charge is 0.338 e. The van der Waals surface area contributed by atoms with Gasteiger partial charge in [0.1, 0.15) is 11.6 Å². The van der Waals surface area contributed by atoms with E-state index in [2.05, 4.69) is 19.1 Å². The summed E-state index contributed by atoms with van der Waals surface area (Å²) in [5.41, 5.74) is 0.646. The summed E-state index contributed by atoms with van der Waals surface area (Å²) in [6.45, 7) is 2.71. The highest BCUT2D eigenvalue weighted by Gasteiger charge is 2.31. The third kappa shape index (κ3) is 3.16. The van der Waals surface area contributed by atoms with Crippen molar-refractivity contribution in [2.45, 2.75) is 44.9 Å². The molecule has 1 aromatic carbocycles. The maximum atomic E-state index is 14.0. The first kappa shape index (κ1) is 15.1. The lowest BCUT2D eigenvalue weighted by Crippen LogP contribution is -2.26. The van der Waals surface area contributed by atoms with E-state index in [-0.39, 0.29) is 11.0 Å². The molecule has 1 fully saturated rings. The summed E-state index contributed by atoms with van der Waals surface area (Å²) >= 11 is 0. The molecule has 3 nitrogen and oxygen atoms in total. The molecule has 0 bridgehead atoms. The first-order valence-corrected chi connectivity index (χ1v) is 7.83. The van der Waals surface area contributed by atoms with E-state index in [1.54, 1.807) is 0 Å². The van der Waals surface area contributed by atoms with Crippen molar-refractivity contribution in [2.75, 3.05) is 6.61 Å². The lowest BCUT2D eigenvalue weighted by molar-refractivity contribution is 0.0691. The molecule has 1 unspecified atom stereocenters. The van der Waals surface area contributed by atoms with Crippen molar-refractivity contribution in [3.8, 4) is 5.75 Å². The zero-order valence-corrected chi connectivity index (χ0v) is 12.8. The number of aromatic carboxylic acids is 1. The van der Waals surface area contributed by atoms with Crippen LogP contribution in [0.25, 0.3) is 0 Å². The van der Waals surface area contributed by atoms with Crippen LogP contribution in [0.1, 0.15) is 60.9 Å². The second-order valence-electron chi connectivity index (χ2n) is 6.76. The van der Waals surface area contributed by atoms with Gasteiger partial charge >= 0.3 is 5.97 Å². The van der Waals surface area contributed by atoms with E-state index in [4.69, 9.17) is 9.84 Å². The molecule has 1 N–H and O–H groups in total. The molecule has 22 heavy (non-hydrogen) atoms. The number of carboxylic acids is 1. The van der Waals surface area contributed by atoms with Gasteiger partial charge in [0.2, 0.25) is 0 Å². The number of benzene rings is 1. The second-order valence-corrected chi connectivity index (χ2v) is 6.76. The topological polar surface area (TPSA) is 46.5 Å². The quantitative estimate of drug-likeness (QED) is 0.813. The summed E-state index contributed by atoms with van der Waals surface area (Å²) in [4.78, 5) is 11.1. The predicted octanol–water partition coefficient (Wildman–Crippen LogP) is 4.53. The maximum absolute atomic E-state index is 14.0. The predicted molar refractivity (Wildman–Crippen MR) is 81.9 cm³/mol. The van der Waals surface area contributed by atoms with Crippen molar-refractivity contribution < 1.29 is 19.0 Å². The van der Waals surface area contributed by atoms with Gasteiger partial charge in [-0.3, -0.25) is 0 Å². The minimum atomic E-state index is -1.23. The molecule has 118 valence electrons. The molecule has 1 saturated carbocycles. The Kier molecular flexibility index (Phi) is 3.94. The van der Waals surface area contributed by atoms with Crippen LogP contribution in [0.4, 0.5) is 4.39 Å². The summed E-state index contributed by atoms with van der Waals surface area (Å²) < 4.78 is 19.9. The van der Waals surface area contributed by atoms with Crippen LogP contribution in [0.2, 0.25) is 0 Å². The standard InChI is InChI=1S/C18H21FO3/c1-18(7-3-2-4-8-18)11-22-16-10-15(19)14(17(20)21)9-13(16)12-5-6-12/h2-3,9-10,12H,4-8,11H2,1H3,(H,20,21). The molecule has 0 heterocycles. The average molecular weight is 304 g/mol. The van der Waals surface area contributed by atoms with Crippen molar-refractivity contribution in [2.24, 2.45) is 5.41 Å². The first-order chi connectivity index (χ1) is 10.5. The molecule has 0 saturated heterocycles. The van der Waals surface area contributed by atoms with E-state index in [1.165, 1.54) is 12.1 Å². The van der Waals surface area contributed by atoms with E-state index in [0.29, 0.717) is 18.3 Å². The van der Waals surface area contributed by atoms with Gasteiger partial charge in [0.25, 0.3) is 0 Å². The molecule has 0 spiro atoms. The number of allylic oxidation sites excluding steroid dienone is 2. The normalized spacial score (nSPS) is 24.3. The molecule has 0 radical (unpaired) electrons. The number of rotatable bonds is 5. The fraction of sp³-hybridized carbons (Fsp3) is 0.500. The number of carbonyl (C=O) groups is 1. The molecule has 3 rings (SSSR count). The van der Waals surface area contributed by atoms with Crippen LogP contribution < -0.4 is 4.74 Å². The third-order valence-corrected chi connectivity index (χ3v) is 4.62. The molecule has 4 heteroatoms. The summed E-state index contributed by atoms with van der Waals surface area (Å²) in [7, 11) is 0. The number of hydrogen-bond acceptors (Lipinski definition) is 2. The Bertz CT molecular complexity index is 619. The highest BCUT2D eigenvalue weighted by molar-refractivity contribution is 5.88. The van der Waals surface area contributed by atoms with Crippen LogP contribution in [0.3, 0.4) is 0 Å². The van der Waals surface area contributed by atoms with E-state index in [9.17, 15) is 9.18 Å². The zero-order chi connectivity index (χ0) is 15.7. The molecule has 1 atom stereocenters. The Morgan fingerprint density at radius 2 is 2.18 bits per heavy atom. The van der Waals surface area contributed by atoms with Crippen LogP contribution in [0, 0.1) is 11.2 Å². The van der Waals surface area contributed by atoms with Gasteiger partial charge in [-0.05, 0) is 49.7 Å². The summed E-state index contributed by atoms with van der Waals surface area (Å²) in [5, 5.41) is 9.07. The molecule has 1 aromatic rings. The molecule has 2 aliphatic carbocycles. The van der Waals surface area contributed by atoms with Crippen LogP contribution in [0.15, 0.2) is 24.3 Å². The molecule has 0 aromatic heterocycles. The molecule has 0 amide bonds. The van der Waals surface area contributed by atoms with Gasteiger partial charge in [-0.25, -0.2) is 9.18 Å². The van der Waals surface area contributed by atoms with Gasteiger partial charge in [-0.15, -0.1) is 0 Å². The summed E-state index contributed by atoms with van der Waals surface area (Å²) in [5.74, 6) is -1.12. The van der Waals surface area contributed by atoms with Crippen molar-refractivity contribution >= 4 is 5.97 Å². The minimum Gasteiger partial charge on any atom is -0.493 e. The monoisotopic (exact) mass is 304 g/mol. The van der Waals surface area contributed by atoms with Crippen molar-refractivity contribution in [3.63, 3.8) is 0 Å². The number of hydrogen-bond donors (Lipinski definition) is 1. The molecule has 0 aliphatic heterocycles. The van der Waals surface area contributed by atoms with Crippen molar-refractivity contribution in [1.29, 1.82) is 0 Å². The lowest BCUT2D eigenvalue weighted by atomic mass is 9.80. The van der Waals surface area contributed by atoms with Crippen LogP contribution in [-0.4, -0.2) is 17.7 Å². The molecular formula is C18H21FO3. The fourth-order valence-corrected chi connectivity index (χ4v) is 2.98. The summed E-state index contributed by atoms with van der Waals surface area (Å²) in [6, 6.07) is 2.70. The number of ether oxygens (including phenoxy) is 1. The lowest BCUT2D eigenvalue weighted by Gasteiger charge is -2.31. The van der Waals surface area contributed by atoms with Crippen LogP contribution in [-0.2, 0) is 0 Å². The number of carboxylic acid groups (broad SMARTS) is 1. The largest absolute Gasteiger partial charge is 0.493 e. The molecular weight excluding hydrogens is 283 g/mol. The minimum absolute atomic E-state index is 0.0670. The van der Waals surface area contributed by atoms with Crippen molar-refractivity contribution in [3.05, 3.63) is 41.2 Å². The number of halogens is 1. The summed E-state index contributed by atoms with van der Waals surface area (Å²) in [6.07, 6.45) is 9.44. The van der Waals surface area contributed by atoms with Gasteiger partial charge in [0, 0.05) is 11.5 Å². The third-order valence-electron chi connectivity index (χ3n) is 4.62. The SMILES string of the molecule is CC1(COc2cc(F)c(C(=O)O)cc2C2CC2)CC=CCC1. The Balaban J connectivity index is 1.82. The second kappa shape index (κ2) is 5.75. The van der Waals surface area contributed by atoms with Gasteiger partial charge in [-0.2, -0.15) is 0 Å². The fourth-order valence-electron chi connectivity index (χ4n) is 2.98. The van der Waals surface area contributed by atoms with Crippen LogP contribution >= 0.6 is 0 Å². The van der Waals surface area contributed by atoms with Gasteiger partial charge < -0.3 is 9.84 Å². The van der Waals surface area contributed by atoms with Crippen LogP contribution in [0.5, 0.6) is 5.75 Å². The van der Waals surface area contributed by atoms with Gasteiger partial charge in [0.05, 0.1) is 12.2 Å². The highest BCUT2D eigenvalue weighted by Crippen LogP contribution is 2.45. The Morgan fingerprint density at radius 1 is 1.41 bits per heavy atom. The van der Waals surface area contributed by atoms with Crippen molar-refractivity contribution in [1.82, 2.24) is 0 Å². The first-order valence-electron chi connectivity index (χ1n) is 7.83. The van der Waals surface area contributed by atoms with E-state index in [0.717, 1.165) is 37.7 Å². The van der Waals surface area contributed by atoms with Gasteiger partial charge in [-0.1, -0.05) is 19.1 Å². The Labute approximate surface area is 129 Å². The zero-order valence-electron chi connectivity index (χ0n) is 12.8. The van der Waals surface area contributed by atoms with E-state index < -0.39 is 11.8 Å². The van der Waals surface area contributed by atoms with E-state index >= 15 is 0 Å². The highest BCUT2D eigenvalue weighted by atomic mass is 19.1. The van der Waals surface area contributed by atoms with E-state index in [1.807, 2.05) is 0 Å². The average Bonchev–Trinajstić information content (AvgIpc) is 3.30. The maximum Gasteiger partial charge on any atom is 0.338 e.